The van der Waals surface area contributed by atoms with Gasteiger partial charge >= 0.3 is 5.97 Å². The largest absolute Gasteiger partial charge is 0.496 e. The van der Waals surface area contributed by atoms with Gasteiger partial charge in [0.2, 0.25) is 0 Å². The average molecular weight is 341 g/mol. The molecule has 1 amide bonds. The highest BCUT2D eigenvalue weighted by atomic mass is 16.5. The summed E-state index contributed by atoms with van der Waals surface area (Å²) < 4.78 is 10.4. The minimum absolute atomic E-state index is 0.258. The van der Waals surface area contributed by atoms with Crippen molar-refractivity contribution in [2.24, 2.45) is 0 Å². The Bertz CT molecular complexity index is 728. The number of esters is 1. The monoisotopic (exact) mass is 341 g/mol. The number of nitrogens with one attached hydrogen (secondary N) is 1. The normalized spacial score (nSPS) is 11.5. The topological polar surface area (TPSA) is 64.6 Å². The van der Waals surface area contributed by atoms with Crippen LogP contribution in [0.1, 0.15) is 28.4 Å². The molecule has 0 spiro atoms. The Morgan fingerprint density at radius 3 is 2.48 bits per heavy atom. The molecule has 0 aromatic heterocycles. The number of methoxy groups -OCH3 is 1. The summed E-state index contributed by atoms with van der Waals surface area (Å²) >= 11 is 0. The molecule has 2 aromatic carbocycles. The predicted octanol–water partition coefficient (Wildman–Crippen LogP) is 2.91. The van der Waals surface area contributed by atoms with Crippen molar-refractivity contribution in [2.45, 2.75) is 26.3 Å². The highest BCUT2D eigenvalue weighted by Gasteiger charge is 2.23. The van der Waals surface area contributed by atoms with E-state index in [1.165, 1.54) is 0 Å². The molecule has 0 heterocycles. The second kappa shape index (κ2) is 8.87. The quantitative estimate of drug-likeness (QED) is 0.787. The molecule has 0 unspecified atom stereocenters. The van der Waals surface area contributed by atoms with Crippen LogP contribution >= 0.6 is 0 Å². The highest BCUT2D eigenvalue weighted by molar-refractivity contribution is 5.96. The van der Waals surface area contributed by atoms with Crippen LogP contribution in [0.25, 0.3) is 0 Å². The summed E-state index contributed by atoms with van der Waals surface area (Å²) in [6.45, 7) is 3.94. The number of rotatable bonds is 7. The molecule has 25 heavy (non-hydrogen) atoms. The summed E-state index contributed by atoms with van der Waals surface area (Å²) in [5.74, 6) is -0.0152. The first-order valence-corrected chi connectivity index (χ1v) is 8.21. The standard InChI is InChI=1S/C20H23NO4/c1-4-25-20(23)17(21-19(22)16-8-6-5-7-9-16)12-15-11-10-14(2)18(13-15)24-3/h5-11,13,17H,4,12H2,1-3H3,(H,21,22)/t17-/m0/s1. The fourth-order valence-corrected chi connectivity index (χ4v) is 2.49. The number of benzene rings is 2. The van der Waals surface area contributed by atoms with Crippen LogP contribution in [0.4, 0.5) is 0 Å². The summed E-state index contributed by atoms with van der Waals surface area (Å²) in [5.41, 5.74) is 2.39. The number of amides is 1. The van der Waals surface area contributed by atoms with E-state index in [1.54, 1.807) is 38.3 Å². The third kappa shape index (κ3) is 5.08. The number of aryl methyl sites for hydroxylation is 1. The van der Waals surface area contributed by atoms with Gasteiger partial charge in [0, 0.05) is 12.0 Å². The van der Waals surface area contributed by atoms with E-state index < -0.39 is 12.0 Å². The van der Waals surface area contributed by atoms with Gasteiger partial charge in [-0.05, 0) is 43.2 Å². The molecular weight excluding hydrogens is 318 g/mol. The van der Waals surface area contributed by atoms with E-state index in [4.69, 9.17) is 9.47 Å². The van der Waals surface area contributed by atoms with Gasteiger partial charge in [0.1, 0.15) is 11.8 Å². The second-order valence-electron chi connectivity index (χ2n) is 5.65. The van der Waals surface area contributed by atoms with Crippen LogP contribution in [0.2, 0.25) is 0 Å². The number of ether oxygens (including phenoxy) is 2. The van der Waals surface area contributed by atoms with Gasteiger partial charge in [0.15, 0.2) is 0 Å². The fraction of sp³-hybridized carbons (Fsp3) is 0.300. The van der Waals surface area contributed by atoms with Crippen molar-refractivity contribution < 1.29 is 19.1 Å². The van der Waals surface area contributed by atoms with Gasteiger partial charge in [-0.1, -0.05) is 30.3 Å². The molecule has 0 saturated heterocycles. The maximum absolute atomic E-state index is 12.4. The Balaban J connectivity index is 2.18. The fourth-order valence-electron chi connectivity index (χ4n) is 2.49. The summed E-state index contributed by atoms with van der Waals surface area (Å²) in [6.07, 6.45) is 0.327. The van der Waals surface area contributed by atoms with Crippen LogP contribution in [-0.4, -0.2) is 31.6 Å². The van der Waals surface area contributed by atoms with E-state index >= 15 is 0 Å². The van der Waals surface area contributed by atoms with Gasteiger partial charge in [0.25, 0.3) is 5.91 Å². The van der Waals surface area contributed by atoms with Gasteiger partial charge in [0.05, 0.1) is 13.7 Å². The van der Waals surface area contributed by atoms with E-state index in [0.717, 1.165) is 16.9 Å². The molecule has 0 bridgehead atoms. The zero-order chi connectivity index (χ0) is 18.2. The summed E-state index contributed by atoms with van der Waals surface area (Å²) in [6, 6.07) is 13.7. The molecule has 5 nitrogen and oxygen atoms in total. The molecule has 0 aliphatic rings. The third-order valence-electron chi connectivity index (χ3n) is 3.82. The highest BCUT2D eigenvalue weighted by Crippen LogP contribution is 2.20. The lowest BCUT2D eigenvalue weighted by Crippen LogP contribution is -2.43. The van der Waals surface area contributed by atoms with Gasteiger partial charge < -0.3 is 14.8 Å². The molecule has 0 radical (unpaired) electrons. The van der Waals surface area contributed by atoms with Crippen molar-refractivity contribution in [1.29, 1.82) is 0 Å². The van der Waals surface area contributed by atoms with E-state index in [-0.39, 0.29) is 12.5 Å². The van der Waals surface area contributed by atoms with Crippen LogP contribution in [0, 0.1) is 6.92 Å². The lowest BCUT2D eigenvalue weighted by molar-refractivity contribution is -0.145. The van der Waals surface area contributed by atoms with Crippen LogP contribution in [0.3, 0.4) is 0 Å². The maximum atomic E-state index is 12.4. The molecule has 0 fully saturated rings. The minimum Gasteiger partial charge on any atom is -0.496 e. The minimum atomic E-state index is -0.764. The number of carbonyl (C=O) groups is 2. The summed E-state index contributed by atoms with van der Waals surface area (Å²) in [7, 11) is 1.60. The van der Waals surface area contributed by atoms with Crippen molar-refractivity contribution >= 4 is 11.9 Å². The zero-order valence-electron chi connectivity index (χ0n) is 14.7. The molecule has 2 aromatic rings. The number of hydrogen-bond acceptors (Lipinski definition) is 4. The molecule has 0 aliphatic carbocycles. The first-order valence-electron chi connectivity index (χ1n) is 8.21. The zero-order valence-corrected chi connectivity index (χ0v) is 14.7. The molecular formula is C20H23NO4. The Labute approximate surface area is 148 Å². The van der Waals surface area contributed by atoms with Crippen LogP contribution in [0.5, 0.6) is 5.75 Å². The lowest BCUT2D eigenvalue weighted by atomic mass is 10.0. The van der Waals surface area contributed by atoms with Gasteiger partial charge in [-0.2, -0.15) is 0 Å². The van der Waals surface area contributed by atoms with Gasteiger partial charge in [-0.15, -0.1) is 0 Å². The first kappa shape index (κ1) is 18.5. The SMILES string of the molecule is CCOC(=O)[C@H](Cc1ccc(C)c(OC)c1)NC(=O)c1ccccc1. The molecule has 5 heteroatoms. The smallest absolute Gasteiger partial charge is 0.328 e. The average Bonchev–Trinajstić information content (AvgIpc) is 2.63. The lowest BCUT2D eigenvalue weighted by Gasteiger charge is -2.18. The Hall–Kier alpha value is -2.82. The van der Waals surface area contributed by atoms with Crippen LogP contribution < -0.4 is 10.1 Å². The maximum Gasteiger partial charge on any atom is 0.328 e. The van der Waals surface area contributed by atoms with Crippen molar-refractivity contribution in [3.05, 3.63) is 65.2 Å². The third-order valence-corrected chi connectivity index (χ3v) is 3.82. The molecule has 0 aliphatic heterocycles. The van der Waals surface area contributed by atoms with Crippen molar-refractivity contribution in [3.8, 4) is 5.75 Å². The predicted molar refractivity (Wildman–Crippen MR) is 95.8 cm³/mol. The number of carbonyl (C=O) groups excluding carboxylic acids is 2. The van der Waals surface area contributed by atoms with E-state index in [0.29, 0.717) is 12.0 Å². The van der Waals surface area contributed by atoms with Gasteiger partial charge in [-0.3, -0.25) is 4.79 Å². The van der Waals surface area contributed by atoms with Crippen molar-refractivity contribution in [2.75, 3.05) is 13.7 Å². The van der Waals surface area contributed by atoms with E-state index in [2.05, 4.69) is 5.32 Å². The van der Waals surface area contributed by atoms with Gasteiger partial charge in [-0.25, -0.2) is 4.79 Å². The second-order valence-corrected chi connectivity index (χ2v) is 5.65. The van der Waals surface area contributed by atoms with Crippen LogP contribution in [0.15, 0.2) is 48.5 Å². The van der Waals surface area contributed by atoms with Crippen molar-refractivity contribution in [3.63, 3.8) is 0 Å². The summed E-state index contributed by atoms with van der Waals surface area (Å²) in [4.78, 5) is 24.7. The van der Waals surface area contributed by atoms with Crippen LogP contribution in [-0.2, 0) is 16.0 Å². The Kier molecular flexibility index (Phi) is 6.57. The Morgan fingerprint density at radius 1 is 1.12 bits per heavy atom. The summed E-state index contributed by atoms with van der Waals surface area (Å²) in [5, 5.41) is 2.76. The molecule has 2 rings (SSSR count). The van der Waals surface area contributed by atoms with E-state index in [9.17, 15) is 9.59 Å². The molecule has 1 atom stereocenters. The van der Waals surface area contributed by atoms with E-state index in [1.807, 2.05) is 31.2 Å². The molecule has 132 valence electrons. The number of hydrogen-bond donors (Lipinski definition) is 1. The molecule has 0 saturated carbocycles. The molecule has 1 N–H and O–H groups in total. The Morgan fingerprint density at radius 2 is 1.84 bits per heavy atom. The van der Waals surface area contributed by atoms with Crippen molar-refractivity contribution in [1.82, 2.24) is 5.32 Å². The first-order chi connectivity index (χ1) is 12.0.